The van der Waals surface area contributed by atoms with E-state index in [4.69, 9.17) is 18.9 Å². The third-order valence-corrected chi connectivity index (χ3v) is 6.94. The number of carbonyl (C=O) groups is 2. The predicted octanol–water partition coefficient (Wildman–Crippen LogP) is 6.04. The van der Waals surface area contributed by atoms with Crippen LogP contribution < -0.4 is 4.74 Å². The van der Waals surface area contributed by atoms with Gasteiger partial charge in [0, 0.05) is 37.1 Å². The van der Waals surface area contributed by atoms with Gasteiger partial charge in [-0.05, 0) is 58.1 Å². The first kappa shape index (κ1) is 31.1. The van der Waals surface area contributed by atoms with Gasteiger partial charge in [0.05, 0.1) is 13.2 Å². The lowest BCUT2D eigenvalue weighted by molar-refractivity contribution is -0.169. The second-order valence-electron chi connectivity index (χ2n) is 12.7. The van der Waals surface area contributed by atoms with Gasteiger partial charge in [-0.3, -0.25) is 9.69 Å². The minimum absolute atomic E-state index is 0.00297. The molecule has 2 heterocycles. The second-order valence-corrected chi connectivity index (χ2v) is 12.7. The van der Waals surface area contributed by atoms with Crippen molar-refractivity contribution in [3.8, 4) is 5.75 Å². The Labute approximate surface area is 233 Å². The summed E-state index contributed by atoms with van der Waals surface area (Å²) >= 11 is 0. The molecule has 1 aromatic carbocycles. The maximum atomic E-state index is 15.5. The van der Waals surface area contributed by atoms with Crippen molar-refractivity contribution in [2.75, 3.05) is 20.3 Å². The molecule has 0 bridgehead atoms. The Hall–Kier alpha value is -2.39. The number of nitrogens with zero attached hydrogens (tertiary/aromatic N) is 2. The van der Waals surface area contributed by atoms with Crippen molar-refractivity contribution in [1.82, 2.24) is 9.80 Å². The molecule has 0 spiro atoms. The normalized spacial score (nSPS) is 22.4. The minimum Gasteiger partial charge on any atom is -0.493 e. The Morgan fingerprint density at radius 2 is 1.85 bits per heavy atom. The number of rotatable bonds is 9. The van der Waals surface area contributed by atoms with E-state index in [1.165, 1.54) is 11.0 Å². The first-order valence-electron chi connectivity index (χ1n) is 14.2. The first-order chi connectivity index (χ1) is 18.2. The van der Waals surface area contributed by atoms with Gasteiger partial charge >= 0.3 is 6.09 Å². The zero-order valence-corrected chi connectivity index (χ0v) is 25.0. The van der Waals surface area contributed by atoms with Gasteiger partial charge < -0.3 is 23.8 Å². The second kappa shape index (κ2) is 12.9. The van der Waals surface area contributed by atoms with E-state index in [9.17, 15) is 9.59 Å². The van der Waals surface area contributed by atoms with Crippen LogP contribution in [0.25, 0.3) is 0 Å². The Bertz CT molecular complexity index is 996. The average molecular weight is 551 g/mol. The molecule has 0 N–H and O–H groups in total. The van der Waals surface area contributed by atoms with Gasteiger partial charge in [0.15, 0.2) is 6.29 Å². The fourth-order valence-electron chi connectivity index (χ4n) is 5.17. The topological polar surface area (TPSA) is 77.5 Å². The summed E-state index contributed by atoms with van der Waals surface area (Å²) in [4.78, 5) is 30.0. The number of unbranched alkanes of at least 4 members (excludes halogenated alkanes) is 1. The maximum Gasteiger partial charge on any atom is 0.412 e. The van der Waals surface area contributed by atoms with E-state index in [0.29, 0.717) is 30.1 Å². The highest BCUT2D eigenvalue weighted by Crippen LogP contribution is 2.37. The van der Waals surface area contributed by atoms with Gasteiger partial charge in [0.1, 0.15) is 29.4 Å². The summed E-state index contributed by atoms with van der Waals surface area (Å²) in [6, 6.07) is 2.16. The smallest absolute Gasteiger partial charge is 0.412 e. The van der Waals surface area contributed by atoms with Crippen LogP contribution in [-0.4, -0.2) is 66.2 Å². The van der Waals surface area contributed by atoms with Gasteiger partial charge in [-0.1, -0.05) is 34.1 Å². The molecular formula is C30H47FN2O6. The highest BCUT2D eigenvalue weighted by atomic mass is 19.1. The molecule has 1 aromatic rings. The number of halogens is 1. The summed E-state index contributed by atoms with van der Waals surface area (Å²) in [7, 11) is 1.68. The molecule has 0 radical (unpaired) electrons. The van der Waals surface area contributed by atoms with Crippen molar-refractivity contribution in [3.05, 3.63) is 29.1 Å². The number of amides is 2. The molecule has 2 fully saturated rings. The Morgan fingerprint density at radius 1 is 1.13 bits per heavy atom. The van der Waals surface area contributed by atoms with Crippen LogP contribution in [0.15, 0.2) is 12.1 Å². The average Bonchev–Trinajstić information content (AvgIpc) is 3.10. The summed E-state index contributed by atoms with van der Waals surface area (Å²) in [6.45, 7) is 14.6. The van der Waals surface area contributed by atoms with Gasteiger partial charge in [0.25, 0.3) is 0 Å². The van der Waals surface area contributed by atoms with E-state index >= 15 is 4.39 Å². The highest BCUT2D eigenvalue weighted by molar-refractivity contribution is 5.89. The number of benzene rings is 1. The highest BCUT2D eigenvalue weighted by Gasteiger charge is 2.52. The molecule has 2 amide bonds. The van der Waals surface area contributed by atoms with Crippen LogP contribution in [0.4, 0.5) is 9.18 Å². The molecule has 220 valence electrons. The fourth-order valence-corrected chi connectivity index (χ4v) is 5.17. The van der Waals surface area contributed by atoms with E-state index in [-0.39, 0.29) is 25.2 Å². The molecule has 3 rings (SSSR count). The largest absolute Gasteiger partial charge is 0.493 e. The Balaban J connectivity index is 1.93. The van der Waals surface area contributed by atoms with E-state index in [0.717, 1.165) is 32.1 Å². The van der Waals surface area contributed by atoms with E-state index in [1.807, 2.05) is 20.8 Å². The van der Waals surface area contributed by atoms with Crippen LogP contribution >= 0.6 is 0 Å². The van der Waals surface area contributed by atoms with E-state index in [2.05, 4.69) is 6.92 Å². The van der Waals surface area contributed by atoms with Gasteiger partial charge in [-0.25, -0.2) is 9.18 Å². The molecule has 2 saturated heterocycles. The summed E-state index contributed by atoms with van der Waals surface area (Å²) in [6.07, 6.45) is 3.21. The van der Waals surface area contributed by atoms with E-state index in [1.54, 1.807) is 38.8 Å². The molecule has 2 aliphatic rings. The SMILES string of the molecule is CCCCOc1cc(F)c(CC2C(=O)N(C)[C@H](C(C)(C)C)N2C(=O)OC(C)(C)C)cc1COC1CCCCO1. The maximum absolute atomic E-state index is 15.5. The van der Waals surface area contributed by atoms with Crippen molar-refractivity contribution in [3.63, 3.8) is 0 Å². The van der Waals surface area contributed by atoms with Crippen LogP contribution in [0, 0.1) is 11.2 Å². The number of carbonyl (C=O) groups excluding carboxylic acids is 2. The minimum atomic E-state index is -0.911. The number of ether oxygens (including phenoxy) is 4. The Morgan fingerprint density at radius 3 is 2.44 bits per heavy atom. The molecule has 2 aliphatic heterocycles. The van der Waals surface area contributed by atoms with Gasteiger partial charge in [-0.2, -0.15) is 0 Å². The zero-order valence-electron chi connectivity index (χ0n) is 25.0. The molecule has 3 atom stereocenters. The number of likely N-dealkylation sites (N-methyl/N-ethyl adjacent to an activating group) is 1. The summed E-state index contributed by atoms with van der Waals surface area (Å²) < 4.78 is 38.9. The lowest BCUT2D eigenvalue weighted by Gasteiger charge is -2.39. The monoisotopic (exact) mass is 550 g/mol. The lowest BCUT2D eigenvalue weighted by atomic mass is 9.91. The zero-order chi connectivity index (χ0) is 29.0. The van der Waals surface area contributed by atoms with Crippen molar-refractivity contribution < 1.29 is 32.9 Å². The van der Waals surface area contributed by atoms with Gasteiger partial charge in [0.2, 0.25) is 5.91 Å². The van der Waals surface area contributed by atoms with Crippen molar-refractivity contribution >= 4 is 12.0 Å². The molecule has 0 aliphatic carbocycles. The quantitative estimate of drug-likeness (QED) is 0.349. The number of hydrogen-bond acceptors (Lipinski definition) is 6. The number of hydrogen-bond donors (Lipinski definition) is 0. The summed E-state index contributed by atoms with van der Waals surface area (Å²) in [5, 5.41) is 0. The van der Waals surface area contributed by atoms with Crippen LogP contribution in [-0.2, 0) is 32.0 Å². The third-order valence-electron chi connectivity index (χ3n) is 6.94. The third kappa shape index (κ3) is 8.07. The molecule has 0 saturated carbocycles. The van der Waals surface area contributed by atoms with Crippen molar-refractivity contribution in [2.45, 2.75) is 118 Å². The molecule has 0 aromatic heterocycles. The standard InChI is InChI=1S/C30H47FN2O6/c1-9-10-14-36-24-18-22(31)20(16-21(24)19-38-25-13-11-12-15-37-25)17-23-26(34)32(8)27(29(2,3)4)33(23)28(35)39-30(5,6)7/h16,18,23,25,27H,9-15,17,19H2,1-8H3/t23?,25?,27-/m0/s1. The molecule has 9 heteroatoms. The van der Waals surface area contributed by atoms with Crippen LogP contribution in [0.5, 0.6) is 5.75 Å². The van der Waals surface area contributed by atoms with Crippen molar-refractivity contribution in [1.29, 1.82) is 0 Å². The molecule has 2 unspecified atom stereocenters. The molecule has 8 nitrogen and oxygen atoms in total. The molecular weight excluding hydrogens is 503 g/mol. The fraction of sp³-hybridized carbons (Fsp3) is 0.733. The predicted molar refractivity (Wildman–Crippen MR) is 147 cm³/mol. The Kier molecular flexibility index (Phi) is 10.3. The van der Waals surface area contributed by atoms with Crippen molar-refractivity contribution in [2.24, 2.45) is 5.41 Å². The van der Waals surface area contributed by atoms with E-state index < -0.39 is 35.1 Å². The lowest BCUT2D eigenvalue weighted by Crippen LogP contribution is -2.52. The van der Waals surface area contributed by atoms with Crippen LogP contribution in [0.2, 0.25) is 0 Å². The summed E-state index contributed by atoms with van der Waals surface area (Å²) in [5.74, 6) is -0.318. The first-order valence-corrected chi connectivity index (χ1v) is 14.2. The van der Waals surface area contributed by atoms with Crippen LogP contribution in [0.3, 0.4) is 0 Å². The van der Waals surface area contributed by atoms with Gasteiger partial charge in [-0.15, -0.1) is 0 Å². The van der Waals surface area contributed by atoms with Crippen LogP contribution in [0.1, 0.15) is 91.7 Å². The summed E-state index contributed by atoms with van der Waals surface area (Å²) in [5.41, 5.74) is -0.199. The molecule has 39 heavy (non-hydrogen) atoms.